The van der Waals surface area contributed by atoms with Crippen LogP contribution in [0.25, 0.3) is 0 Å². The highest BCUT2D eigenvalue weighted by atomic mass is 16.2. The Kier molecular flexibility index (Phi) is 4.55. The maximum atomic E-state index is 12.2. The van der Waals surface area contributed by atoms with E-state index in [2.05, 4.69) is 40.0 Å². The summed E-state index contributed by atoms with van der Waals surface area (Å²) in [6, 6.07) is 0.0720. The molecule has 0 radical (unpaired) electrons. The molecule has 1 heterocycles. The van der Waals surface area contributed by atoms with Crippen LogP contribution in [0.15, 0.2) is 0 Å². The molecule has 0 aliphatic heterocycles. The molecule has 1 aromatic rings. The highest BCUT2D eigenvalue weighted by Crippen LogP contribution is 2.39. The fourth-order valence-corrected chi connectivity index (χ4v) is 3.54. The van der Waals surface area contributed by atoms with E-state index in [0.717, 1.165) is 18.7 Å². The zero-order valence-electron chi connectivity index (χ0n) is 14.4. The van der Waals surface area contributed by atoms with Gasteiger partial charge in [-0.05, 0) is 54.4 Å². The van der Waals surface area contributed by atoms with Gasteiger partial charge in [0.05, 0.1) is 12.1 Å². The summed E-state index contributed by atoms with van der Waals surface area (Å²) in [6.45, 7) is 7.12. The molecule has 0 spiro atoms. The number of tetrazole rings is 1. The second-order valence-electron chi connectivity index (χ2n) is 7.73. The predicted octanol–water partition coefficient (Wildman–Crippen LogP) is 2.58. The topological polar surface area (TPSA) is 84.7 Å². The van der Waals surface area contributed by atoms with E-state index in [9.17, 15) is 4.79 Å². The van der Waals surface area contributed by atoms with E-state index >= 15 is 0 Å². The van der Waals surface area contributed by atoms with E-state index in [1.807, 2.05) is 11.6 Å². The van der Waals surface area contributed by atoms with Crippen LogP contribution in [0.4, 0.5) is 4.79 Å². The van der Waals surface area contributed by atoms with E-state index in [1.165, 1.54) is 25.7 Å². The minimum atomic E-state index is -0.194. The minimum absolute atomic E-state index is 0.145. The second kappa shape index (κ2) is 6.45. The molecule has 0 saturated heterocycles. The lowest BCUT2D eigenvalue weighted by Gasteiger charge is -2.32. The third-order valence-corrected chi connectivity index (χ3v) is 5.31. The molecule has 23 heavy (non-hydrogen) atoms. The molecule has 2 amide bonds. The Morgan fingerprint density at radius 1 is 1.30 bits per heavy atom. The zero-order valence-corrected chi connectivity index (χ0v) is 14.4. The lowest BCUT2D eigenvalue weighted by Crippen LogP contribution is -2.43. The first-order chi connectivity index (χ1) is 11.0. The summed E-state index contributed by atoms with van der Waals surface area (Å²) >= 11 is 0. The number of nitrogens with zero attached hydrogens (tertiary/aromatic N) is 4. The van der Waals surface area contributed by atoms with Gasteiger partial charge in [0.2, 0.25) is 0 Å². The molecule has 1 unspecified atom stereocenters. The second-order valence-corrected chi connectivity index (χ2v) is 7.73. The number of urea groups is 1. The highest BCUT2D eigenvalue weighted by Gasteiger charge is 2.33. The van der Waals surface area contributed by atoms with Crippen molar-refractivity contribution in [2.75, 3.05) is 6.54 Å². The fraction of sp³-hybridized carbons (Fsp3) is 0.875. The normalized spacial score (nSPS) is 20.5. The number of aromatic nitrogens is 4. The number of hydrogen-bond donors (Lipinski definition) is 2. The van der Waals surface area contributed by atoms with Gasteiger partial charge in [0.15, 0.2) is 5.82 Å². The molecule has 2 N–H and O–H groups in total. The number of carbonyl (C=O) groups is 1. The Balaban J connectivity index is 1.49. The molecule has 2 aliphatic carbocycles. The zero-order chi connectivity index (χ0) is 16.4. The SMILES string of the molecule is CC(NC(=O)NCC(C)(C)C1CCCC1)c1nnnn1C1CC1. The van der Waals surface area contributed by atoms with Crippen molar-refractivity contribution in [3.63, 3.8) is 0 Å². The van der Waals surface area contributed by atoms with Gasteiger partial charge in [0.1, 0.15) is 0 Å². The molecule has 3 rings (SSSR count). The van der Waals surface area contributed by atoms with Crippen molar-refractivity contribution in [2.24, 2.45) is 11.3 Å². The Labute approximate surface area is 137 Å². The first-order valence-electron chi connectivity index (χ1n) is 8.79. The van der Waals surface area contributed by atoms with E-state index in [0.29, 0.717) is 18.5 Å². The van der Waals surface area contributed by atoms with Crippen molar-refractivity contribution in [1.29, 1.82) is 0 Å². The summed E-state index contributed by atoms with van der Waals surface area (Å²) in [5.74, 6) is 1.44. The quantitative estimate of drug-likeness (QED) is 0.843. The summed E-state index contributed by atoms with van der Waals surface area (Å²) in [6.07, 6.45) is 7.44. The lowest BCUT2D eigenvalue weighted by atomic mass is 9.78. The largest absolute Gasteiger partial charge is 0.338 e. The van der Waals surface area contributed by atoms with E-state index < -0.39 is 0 Å². The smallest absolute Gasteiger partial charge is 0.315 e. The van der Waals surface area contributed by atoms with Crippen LogP contribution < -0.4 is 10.6 Å². The highest BCUT2D eigenvalue weighted by molar-refractivity contribution is 5.74. The Bertz CT molecular complexity index is 545. The molecule has 1 aromatic heterocycles. The number of carbonyl (C=O) groups excluding carboxylic acids is 1. The van der Waals surface area contributed by atoms with Gasteiger partial charge in [0, 0.05) is 6.54 Å². The Morgan fingerprint density at radius 3 is 2.65 bits per heavy atom. The van der Waals surface area contributed by atoms with Gasteiger partial charge in [-0.25, -0.2) is 9.48 Å². The van der Waals surface area contributed by atoms with Crippen molar-refractivity contribution in [3.8, 4) is 0 Å². The Hall–Kier alpha value is -1.66. The molecular formula is C16H28N6O. The van der Waals surface area contributed by atoms with Crippen LogP contribution in [0, 0.1) is 11.3 Å². The van der Waals surface area contributed by atoms with Crippen molar-refractivity contribution >= 4 is 6.03 Å². The number of hydrogen-bond acceptors (Lipinski definition) is 4. The van der Waals surface area contributed by atoms with E-state index in [1.54, 1.807) is 0 Å². The number of rotatable bonds is 6. The van der Waals surface area contributed by atoms with Gasteiger partial charge < -0.3 is 10.6 Å². The lowest BCUT2D eigenvalue weighted by molar-refractivity contribution is 0.198. The maximum absolute atomic E-state index is 12.2. The van der Waals surface area contributed by atoms with E-state index in [4.69, 9.17) is 0 Å². The molecule has 2 fully saturated rings. The summed E-state index contributed by atoms with van der Waals surface area (Å²) in [4.78, 5) is 12.2. The van der Waals surface area contributed by atoms with Crippen molar-refractivity contribution in [1.82, 2.24) is 30.8 Å². The van der Waals surface area contributed by atoms with Crippen LogP contribution in [0.1, 0.15) is 77.2 Å². The van der Waals surface area contributed by atoms with Crippen LogP contribution in [-0.4, -0.2) is 32.8 Å². The molecule has 2 aliphatic rings. The Morgan fingerprint density at radius 2 is 2.00 bits per heavy atom. The van der Waals surface area contributed by atoms with Crippen molar-refractivity contribution < 1.29 is 4.79 Å². The van der Waals surface area contributed by atoms with Crippen molar-refractivity contribution in [3.05, 3.63) is 5.82 Å². The maximum Gasteiger partial charge on any atom is 0.315 e. The minimum Gasteiger partial charge on any atom is -0.338 e. The number of nitrogens with one attached hydrogen (secondary N) is 2. The van der Waals surface area contributed by atoms with E-state index in [-0.39, 0.29) is 17.5 Å². The molecular weight excluding hydrogens is 292 g/mol. The van der Waals surface area contributed by atoms with Gasteiger partial charge in [-0.1, -0.05) is 26.7 Å². The molecule has 0 bridgehead atoms. The van der Waals surface area contributed by atoms with Crippen molar-refractivity contribution in [2.45, 2.75) is 71.4 Å². The molecule has 128 valence electrons. The summed E-state index contributed by atoms with van der Waals surface area (Å²) in [5.41, 5.74) is 0.146. The monoisotopic (exact) mass is 320 g/mol. The predicted molar refractivity (Wildman–Crippen MR) is 86.8 cm³/mol. The molecule has 2 saturated carbocycles. The van der Waals surface area contributed by atoms with Crippen LogP contribution >= 0.6 is 0 Å². The molecule has 7 nitrogen and oxygen atoms in total. The van der Waals surface area contributed by atoms with Crippen LogP contribution in [0.5, 0.6) is 0 Å². The summed E-state index contributed by atoms with van der Waals surface area (Å²) in [7, 11) is 0. The first-order valence-corrected chi connectivity index (χ1v) is 8.79. The third kappa shape index (κ3) is 3.82. The third-order valence-electron chi connectivity index (χ3n) is 5.31. The summed E-state index contributed by atoms with van der Waals surface area (Å²) in [5, 5.41) is 17.8. The van der Waals surface area contributed by atoms with Gasteiger partial charge in [-0.2, -0.15) is 0 Å². The van der Waals surface area contributed by atoms with Crippen LogP contribution in [0.2, 0.25) is 0 Å². The number of amides is 2. The first kappa shape index (κ1) is 16.2. The average molecular weight is 320 g/mol. The average Bonchev–Trinajstić information content (AvgIpc) is 3.03. The molecule has 7 heteroatoms. The fourth-order valence-electron chi connectivity index (χ4n) is 3.54. The molecule has 1 atom stereocenters. The van der Waals surface area contributed by atoms with Crippen LogP contribution in [0.3, 0.4) is 0 Å². The van der Waals surface area contributed by atoms with Gasteiger partial charge in [-0.15, -0.1) is 5.10 Å². The van der Waals surface area contributed by atoms with Gasteiger partial charge in [-0.3, -0.25) is 0 Å². The van der Waals surface area contributed by atoms with Gasteiger partial charge in [0.25, 0.3) is 0 Å². The van der Waals surface area contributed by atoms with Gasteiger partial charge >= 0.3 is 6.03 Å². The standard InChI is InChI=1S/C16H28N6O/c1-11(14-19-20-21-22(14)13-8-9-13)18-15(23)17-10-16(2,3)12-6-4-5-7-12/h11-13H,4-10H2,1-3H3,(H2,17,18,23). The molecule has 0 aromatic carbocycles. The summed E-state index contributed by atoms with van der Waals surface area (Å²) < 4.78 is 1.84. The van der Waals surface area contributed by atoms with Crippen LogP contribution in [-0.2, 0) is 0 Å².